The summed E-state index contributed by atoms with van der Waals surface area (Å²) in [6.07, 6.45) is 84.7. The largest absolute Gasteiger partial charge is 0.394 e. The van der Waals surface area contributed by atoms with Crippen LogP contribution in [-0.4, -0.2) is 87.5 Å². The first-order valence-electron chi connectivity index (χ1n) is 40.4. The lowest BCUT2D eigenvalue weighted by molar-refractivity contribution is -0.302. The zero-order valence-electron chi connectivity index (χ0n) is 59.7. The third kappa shape index (κ3) is 58.1. The number of hydrogen-bond donors (Lipinski definition) is 6. The summed E-state index contributed by atoms with van der Waals surface area (Å²) in [4.78, 5) is 13.2. The summed E-state index contributed by atoms with van der Waals surface area (Å²) in [7, 11) is 0. The Balaban J connectivity index is 2.04. The fourth-order valence-corrected chi connectivity index (χ4v) is 13.6. The predicted octanol–water partition coefficient (Wildman–Crippen LogP) is 23.0. The van der Waals surface area contributed by atoms with E-state index in [0.29, 0.717) is 12.8 Å². The Morgan fingerprint density at radius 3 is 0.910 bits per heavy atom. The third-order valence-electron chi connectivity index (χ3n) is 19.9. The van der Waals surface area contributed by atoms with Gasteiger partial charge in [0.25, 0.3) is 0 Å². The number of ether oxygens (including phenoxy) is 2. The lowest BCUT2D eigenvalue weighted by Gasteiger charge is -2.40. The second-order valence-electron chi connectivity index (χ2n) is 28.6. The van der Waals surface area contributed by atoms with E-state index in [0.717, 1.165) is 38.5 Å². The minimum absolute atomic E-state index is 0.131. The fraction of sp³-hybridized carbons (Fsp3) is 0.963. The number of amides is 1. The Bertz CT molecular complexity index is 1410. The lowest BCUT2D eigenvalue weighted by Crippen LogP contribution is -2.60. The van der Waals surface area contributed by atoms with E-state index in [1.54, 1.807) is 0 Å². The van der Waals surface area contributed by atoms with Crippen molar-refractivity contribution < 1.29 is 39.8 Å². The van der Waals surface area contributed by atoms with Gasteiger partial charge in [-0.15, -0.1) is 0 Å². The highest BCUT2D eigenvalue weighted by Gasteiger charge is 2.44. The van der Waals surface area contributed by atoms with Crippen molar-refractivity contribution in [1.29, 1.82) is 0 Å². The SMILES string of the molecule is CCCCCCCCCC/C=C\CCCCCCCCCCCCCCCCCCCCCCCCCC(=O)NC(COC1OC(CO)C(O)C(O)C1O)C(O)CCCCCCCCCCCCCCCCCCCCCCCCCCCCCCCCC. The van der Waals surface area contributed by atoms with Gasteiger partial charge in [-0.05, 0) is 38.5 Å². The molecule has 6 N–H and O–H groups in total. The van der Waals surface area contributed by atoms with E-state index in [4.69, 9.17) is 9.47 Å². The van der Waals surface area contributed by atoms with Gasteiger partial charge >= 0.3 is 0 Å². The molecule has 0 saturated carbocycles. The van der Waals surface area contributed by atoms with E-state index in [1.165, 1.54) is 372 Å². The molecule has 0 radical (unpaired) electrons. The van der Waals surface area contributed by atoms with Gasteiger partial charge in [-0.25, -0.2) is 0 Å². The normalized spacial score (nSPS) is 17.8. The van der Waals surface area contributed by atoms with E-state index in [9.17, 15) is 30.3 Å². The van der Waals surface area contributed by atoms with Crippen molar-refractivity contribution in [2.75, 3.05) is 13.2 Å². The van der Waals surface area contributed by atoms with Gasteiger partial charge in [0.15, 0.2) is 6.29 Å². The first kappa shape index (κ1) is 85.9. The monoisotopic (exact) mass is 1260 g/mol. The fourth-order valence-electron chi connectivity index (χ4n) is 13.6. The molecule has 1 heterocycles. The smallest absolute Gasteiger partial charge is 0.220 e. The van der Waals surface area contributed by atoms with Crippen LogP contribution in [0.5, 0.6) is 0 Å². The van der Waals surface area contributed by atoms with Gasteiger partial charge in [0.05, 0.1) is 25.4 Å². The minimum atomic E-state index is -1.55. The quantitative estimate of drug-likeness (QED) is 0.0261. The first-order valence-corrected chi connectivity index (χ1v) is 40.4. The first-order chi connectivity index (χ1) is 43.8. The van der Waals surface area contributed by atoms with Crippen LogP contribution in [0.3, 0.4) is 0 Å². The number of hydrogen-bond acceptors (Lipinski definition) is 8. The number of unbranched alkanes of at least 4 members (excludes halogenated alkanes) is 61. The van der Waals surface area contributed by atoms with Crippen LogP contribution in [0, 0.1) is 0 Å². The maximum atomic E-state index is 13.2. The maximum absolute atomic E-state index is 13.2. The third-order valence-corrected chi connectivity index (χ3v) is 19.9. The Morgan fingerprint density at radius 1 is 0.371 bits per heavy atom. The number of carbonyl (C=O) groups is 1. The topological polar surface area (TPSA) is 149 Å². The van der Waals surface area contributed by atoms with Gasteiger partial charge in [0.1, 0.15) is 24.4 Å². The molecule has 7 unspecified atom stereocenters. The van der Waals surface area contributed by atoms with E-state index in [-0.39, 0.29) is 12.5 Å². The molecule has 1 saturated heterocycles. The van der Waals surface area contributed by atoms with Crippen molar-refractivity contribution in [1.82, 2.24) is 5.32 Å². The van der Waals surface area contributed by atoms with Crippen molar-refractivity contribution in [3.8, 4) is 0 Å². The molecule has 0 spiro atoms. The Kier molecular flexibility index (Phi) is 67.4. The molecule has 1 amide bonds. The highest BCUT2D eigenvalue weighted by atomic mass is 16.7. The highest BCUT2D eigenvalue weighted by Crippen LogP contribution is 2.24. The molecule has 1 aliphatic heterocycles. The van der Waals surface area contributed by atoms with Crippen LogP contribution in [0.4, 0.5) is 0 Å². The molecule has 1 rings (SSSR count). The molecule has 9 heteroatoms. The van der Waals surface area contributed by atoms with Gasteiger partial charge < -0.3 is 40.3 Å². The Hall–Kier alpha value is -1.07. The van der Waals surface area contributed by atoms with E-state index in [2.05, 4.69) is 31.3 Å². The standard InChI is InChI=1S/C80H157NO8/c1-3-5-7-9-11-13-15-17-19-21-23-25-27-29-31-33-35-36-37-38-40-42-44-46-48-50-52-54-56-58-60-62-64-66-68-70-76(84)81-73(72-88-80-79(87)78(86)77(85)75(71-82)89-80)74(83)69-67-65-63-61-59-57-55-53-51-49-47-45-43-41-39-34-32-30-28-26-24-22-20-18-16-14-12-10-8-6-4-2/h21,23,73-75,77-80,82-83,85-87H,3-20,22,24-72H2,1-2H3,(H,81,84)/b23-21-. The zero-order chi connectivity index (χ0) is 64.2. The van der Waals surface area contributed by atoms with E-state index >= 15 is 0 Å². The number of aliphatic hydroxyl groups excluding tert-OH is 5. The van der Waals surface area contributed by atoms with E-state index < -0.39 is 49.5 Å². The van der Waals surface area contributed by atoms with Crippen molar-refractivity contribution in [3.05, 3.63) is 12.2 Å². The summed E-state index contributed by atoms with van der Waals surface area (Å²) < 4.78 is 11.4. The average molecular weight is 1260 g/mol. The molecule has 89 heavy (non-hydrogen) atoms. The van der Waals surface area contributed by atoms with Crippen LogP contribution in [0.2, 0.25) is 0 Å². The van der Waals surface area contributed by atoms with Crippen LogP contribution in [0.1, 0.15) is 438 Å². The van der Waals surface area contributed by atoms with Crippen LogP contribution in [0.25, 0.3) is 0 Å². The van der Waals surface area contributed by atoms with Crippen LogP contribution in [0.15, 0.2) is 12.2 Å². The number of nitrogens with one attached hydrogen (secondary N) is 1. The Morgan fingerprint density at radius 2 is 0.629 bits per heavy atom. The molecule has 530 valence electrons. The van der Waals surface area contributed by atoms with Crippen molar-refractivity contribution in [2.24, 2.45) is 0 Å². The number of aliphatic hydroxyl groups is 5. The van der Waals surface area contributed by atoms with Gasteiger partial charge in [-0.1, -0.05) is 405 Å². The number of carbonyl (C=O) groups excluding carboxylic acids is 1. The summed E-state index contributed by atoms with van der Waals surface area (Å²) in [6.45, 7) is 3.91. The number of allylic oxidation sites excluding steroid dienone is 2. The molecule has 7 atom stereocenters. The van der Waals surface area contributed by atoms with Gasteiger partial charge in [-0.3, -0.25) is 4.79 Å². The molecule has 0 aromatic heterocycles. The molecule has 0 aromatic carbocycles. The molecule has 1 fully saturated rings. The van der Waals surface area contributed by atoms with E-state index in [1.807, 2.05) is 0 Å². The molecular formula is C80H157NO8. The predicted molar refractivity (Wildman–Crippen MR) is 383 cm³/mol. The summed E-state index contributed by atoms with van der Waals surface area (Å²) in [6, 6.07) is -0.717. The molecule has 0 bridgehead atoms. The lowest BCUT2D eigenvalue weighted by atomic mass is 9.99. The van der Waals surface area contributed by atoms with Crippen molar-refractivity contribution in [3.63, 3.8) is 0 Å². The van der Waals surface area contributed by atoms with Crippen molar-refractivity contribution in [2.45, 2.75) is 480 Å². The molecular weight excluding hydrogens is 1100 g/mol. The molecule has 0 aliphatic carbocycles. The molecule has 1 aliphatic rings. The second kappa shape index (κ2) is 69.8. The average Bonchev–Trinajstić information content (AvgIpc) is 2.28. The summed E-state index contributed by atoms with van der Waals surface area (Å²) >= 11 is 0. The van der Waals surface area contributed by atoms with Crippen LogP contribution < -0.4 is 5.32 Å². The zero-order valence-corrected chi connectivity index (χ0v) is 59.7. The van der Waals surface area contributed by atoms with Gasteiger partial charge in [0, 0.05) is 6.42 Å². The molecule has 0 aromatic rings. The van der Waals surface area contributed by atoms with Crippen LogP contribution in [-0.2, 0) is 14.3 Å². The summed E-state index contributed by atoms with van der Waals surface area (Å²) in [5.41, 5.74) is 0. The molecule has 9 nitrogen and oxygen atoms in total. The number of rotatable bonds is 73. The minimum Gasteiger partial charge on any atom is -0.394 e. The van der Waals surface area contributed by atoms with Crippen molar-refractivity contribution >= 4 is 5.91 Å². The van der Waals surface area contributed by atoms with Gasteiger partial charge in [0.2, 0.25) is 5.91 Å². The Labute approximate surface area is 554 Å². The highest BCUT2D eigenvalue weighted by molar-refractivity contribution is 5.76. The maximum Gasteiger partial charge on any atom is 0.220 e. The van der Waals surface area contributed by atoms with Gasteiger partial charge in [-0.2, -0.15) is 0 Å². The second-order valence-corrected chi connectivity index (χ2v) is 28.6. The van der Waals surface area contributed by atoms with Crippen LogP contribution >= 0.6 is 0 Å². The summed E-state index contributed by atoms with van der Waals surface area (Å²) in [5.74, 6) is -0.132. The summed E-state index contributed by atoms with van der Waals surface area (Å²) in [5, 5.41) is 55.1.